The van der Waals surface area contributed by atoms with Gasteiger partial charge in [0, 0.05) is 17.3 Å². The Balaban J connectivity index is 2.33. The van der Waals surface area contributed by atoms with Crippen LogP contribution in [0.1, 0.15) is 17.7 Å². The van der Waals surface area contributed by atoms with Crippen LogP contribution in [0.4, 0.5) is 0 Å². The van der Waals surface area contributed by atoms with Crippen LogP contribution in [0, 0.1) is 0 Å². The fourth-order valence-electron chi connectivity index (χ4n) is 2.00. The van der Waals surface area contributed by atoms with E-state index in [-0.39, 0.29) is 0 Å². The second-order valence-corrected chi connectivity index (χ2v) is 4.08. The van der Waals surface area contributed by atoms with Crippen molar-refractivity contribution < 1.29 is 0 Å². The average molecular weight is 205 g/mol. The van der Waals surface area contributed by atoms with E-state index in [1.54, 1.807) is 6.20 Å². The van der Waals surface area contributed by atoms with Crippen molar-refractivity contribution in [2.45, 2.75) is 19.3 Å². The molecule has 2 nitrogen and oxygen atoms in total. The lowest BCUT2D eigenvalue weighted by Crippen LogP contribution is -1.91. The third-order valence-corrected chi connectivity index (χ3v) is 2.87. The van der Waals surface area contributed by atoms with Gasteiger partial charge in [0.2, 0.25) is 0 Å². The molecule has 0 N–H and O–H groups in total. The second kappa shape index (κ2) is 2.92. The molecule has 0 saturated heterocycles. The van der Waals surface area contributed by atoms with Gasteiger partial charge < -0.3 is 0 Å². The van der Waals surface area contributed by atoms with Gasteiger partial charge in [-0.05, 0) is 37.0 Å². The average Bonchev–Trinajstić information content (AvgIpc) is 2.61. The van der Waals surface area contributed by atoms with Gasteiger partial charge in [0.05, 0.1) is 5.02 Å². The van der Waals surface area contributed by atoms with Gasteiger partial charge in [-0.3, -0.25) is 0 Å². The Morgan fingerprint density at radius 3 is 3.07 bits per heavy atom. The summed E-state index contributed by atoms with van der Waals surface area (Å²) in [5.41, 5.74) is 3.39. The van der Waals surface area contributed by atoms with Crippen molar-refractivity contribution in [3.05, 3.63) is 34.6 Å². The summed E-state index contributed by atoms with van der Waals surface area (Å²) in [4.78, 5) is 8.74. The minimum absolute atomic E-state index is 0.678. The molecule has 3 rings (SSSR count). The van der Waals surface area contributed by atoms with Crippen LogP contribution in [0.5, 0.6) is 0 Å². The first kappa shape index (κ1) is 8.18. The predicted molar refractivity (Wildman–Crippen MR) is 56.6 cm³/mol. The van der Waals surface area contributed by atoms with Gasteiger partial charge in [0.25, 0.3) is 0 Å². The zero-order valence-corrected chi connectivity index (χ0v) is 8.38. The lowest BCUT2D eigenvalue weighted by molar-refractivity contribution is 0.900. The van der Waals surface area contributed by atoms with Crippen molar-refractivity contribution in [2.75, 3.05) is 0 Å². The summed E-state index contributed by atoms with van der Waals surface area (Å²) in [7, 11) is 0. The van der Waals surface area contributed by atoms with E-state index in [2.05, 4.69) is 16.0 Å². The molecule has 70 valence electrons. The maximum atomic E-state index is 5.88. The molecule has 2 aromatic rings. The normalized spacial score (nSPS) is 14.6. The number of hydrogen-bond donors (Lipinski definition) is 0. The van der Waals surface area contributed by atoms with Crippen molar-refractivity contribution in [1.82, 2.24) is 9.97 Å². The molecule has 0 aromatic carbocycles. The van der Waals surface area contributed by atoms with Gasteiger partial charge in [-0.15, -0.1) is 0 Å². The van der Waals surface area contributed by atoms with Crippen LogP contribution in [0.15, 0.2) is 18.3 Å². The zero-order valence-electron chi connectivity index (χ0n) is 7.63. The Morgan fingerprint density at radius 2 is 2.14 bits per heavy atom. The number of fused-ring (bicyclic) bond motifs is 2. The molecule has 0 atom stereocenters. The third-order valence-electron chi connectivity index (χ3n) is 2.66. The molecule has 0 spiro atoms. The Labute approximate surface area is 86.9 Å². The van der Waals surface area contributed by atoms with Crippen LogP contribution < -0.4 is 0 Å². The number of aryl methyl sites for hydroxylation is 2. The SMILES string of the molecule is Clc1cnc2nc3c(cc2c1)CCC3. The van der Waals surface area contributed by atoms with E-state index in [9.17, 15) is 0 Å². The van der Waals surface area contributed by atoms with Gasteiger partial charge in [0.15, 0.2) is 5.65 Å². The summed E-state index contributed by atoms with van der Waals surface area (Å²) in [5.74, 6) is 0. The van der Waals surface area contributed by atoms with E-state index in [0.29, 0.717) is 5.02 Å². The first-order chi connectivity index (χ1) is 6.83. The summed E-state index contributed by atoms with van der Waals surface area (Å²) in [6.07, 6.45) is 5.10. The third kappa shape index (κ3) is 1.18. The van der Waals surface area contributed by atoms with Crippen LogP contribution in [0.3, 0.4) is 0 Å². The van der Waals surface area contributed by atoms with E-state index in [4.69, 9.17) is 11.6 Å². The molecule has 0 saturated carbocycles. The highest BCUT2D eigenvalue weighted by Gasteiger charge is 2.13. The Morgan fingerprint density at radius 1 is 1.21 bits per heavy atom. The maximum absolute atomic E-state index is 5.88. The van der Waals surface area contributed by atoms with Crippen molar-refractivity contribution >= 4 is 22.6 Å². The summed E-state index contributed by atoms with van der Waals surface area (Å²) >= 11 is 5.88. The largest absolute Gasteiger partial charge is 0.235 e. The molecule has 0 unspecified atom stereocenters. The zero-order chi connectivity index (χ0) is 9.54. The lowest BCUT2D eigenvalue weighted by atomic mass is 10.2. The predicted octanol–water partition coefficient (Wildman–Crippen LogP) is 2.77. The van der Waals surface area contributed by atoms with Gasteiger partial charge in [-0.2, -0.15) is 0 Å². The lowest BCUT2D eigenvalue weighted by Gasteiger charge is -2.01. The number of halogens is 1. The molecule has 0 amide bonds. The minimum Gasteiger partial charge on any atom is -0.235 e. The van der Waals surface area contributed by atoms with Crippen molar-refractivity contribution in [3.63, 3.8) is 0 Å². The van der Waals surface area contributed by atoms with E-state index in [0.717, 1.165) is 23.9 Å². The molecule has 2 aromatic heterocycles. The fraction of sp³-hybridized carbons (Fsp3) is 0.273. The monoisotopic (exact) mass is 204 g/mol. The fourth-order valence-corrected chi connectivity index (χ4v) is 2.16. The smallest absolute Gasteiger partial charge is 0.159 e. The van der Waals surface area contributed by atoms with E-state index in [1.807, 2.05) is 6.07 Å². The quantitative estimate of drug-likeness (QED) is 0.660. The number of nitrogens with zero attached hydrogens (tertiary/aromatic N) is 2. The molecule has 14 heavy (non-hydrogen) atoms. The number of pyridine rings is 2. The second-order valence-electron chi connectivity index (χ2n) is 3.65. The molecule has 0 bridgehead atoms. The van der Waals surface area contributed by atoms with Crippen LogP contribution in [-0.4, -0.2) is 9.97 Å². The van der Waals surface area contributed by atoms with E-state index in [1.165, 1.54) is 17.7 Å². The molecular weight excluding hydrogens is 196 g/mol. The maximum Gasteiger partial charge on any atom is 0.159 e. The van der Waals surface area contributed by atoms with Crippen LogP contribution in [-0.2, 0) is 12.8 Å². The summed E-state index contributed by atoms with van der Waals surface area (Å²) < 4.78 is 0. The molecule has 3 heteroatoms. The van der Waals surface area contributed by atoms with Crippen LogP contribution >= 0.6 is 11.6 Å². The van der Waals surface area contributed by atoms with E-state index >= 15 is 0 Å². The summed E-state index contributed by atoms with van der Waals surface area (Å²) in [6.45, 7) is 0. The van der Waals surface area contributed by atoms with Gasteiger partial charge in [-0.1, -0.05) is 11.6 Å². The summed E-state index contributed by atoms with van der Waals surface area (Å²) in [5, 5.41) is 1.73. The molecular formula is C11H9ClN2. The van der Waals surface area contributed by atoms with E-state index < -0.39 is 0 Å². The first-order valence-corrected chi connectivity index (χ1v) is 5.15. The highest BCUT2D eigenvalue weighted by Crippen LogP contribution is 2.24. The van der Waals surface area contributed by atoms with Crippen molar-refractivity contribution in [1.29, 1.82) is 0 Å². The Bertz CT molecular complexity index is 508. The number of rotatable bonds is 0. The highest BCUT2D eigenvalue weighted by molar-refractivity contribution is 6.31. The minimum atomic E-state index is 0.678. The van der Waals surface area contributed by atoms with Gasteiger partial charge in [-0.25, -0.2) is 9.97 Å². The van der Waals surface area contributed by atoms with Crippen LogP contribution in [0.2, 0.25) is 5.02 Å². The van der Waals surface area contributed by atoms with Crippen LogP contribution in [0.25, 0.3) is 11.0 Å². The van der Waals surface area contributed by atoms with Gasteiger partial charge >= 0.3 is 0 Å². The first-order valence-electron chi connectivity index (χ1n) is 4.77. The number of aromatic nitrogens is 2. The standard InChI is InChI=1S/C11H9ClN2/c12-9-5-8-4-7-2-1-3-10(7)14-11(8)13-6-9/h4-6H,1-3H2. The van der Waals surface area contributed by atoms with Crippen molar-refractivity contribution in [2.24, 2.45) is 0 Å². The number of hydrogen-bond acceptors (Lipinski definition) is 2. The molecule has 0 radical (unpaired) electrons. The molecule has 1 aliphatic carbocycles. The highest BCUT2D eigenvalue weighted by atomic mass is 35.5. The Hall–Kier alpha value is -1.15. The van der Waals surface area contributed by atoms with Crippen molar-refractivity contribution in [3.8, 4) is 0 Å². The molecule has 0 fully saturated rings. The summed E-state index contributed by atoms with van der Waals surface area (Å²) in [6, 6.07) is 4.10. The topological polar surface area (TPSA) is 25.8 Å². The van der Waals surface area contributed by atoms with Gasteiger partial charge in [0.1, 0.15) is 0 Å². The molecule has 1 aliphatic rings. The Kier molecular flexibility index (Phi) is 1.71. The molecule has 0 aliphatic heterocycles. The molecule has 2 heterocycles.